The first-order chi connectivity index (χ1) is 9.06. The Morgan fingerprint density at radius 3 is 2.47 bits per heavy atom. The van der Waals surface area contributed by atoms with Gasteiger partial charge in [0.15, 0.2) is 11.6 Å². The molecule has 2 N–H and O–H groups in total. The molecule has 0 radical (unpaired) electrons. The molecule has 0 aliphatic carbocycles. The Morgan fingerprint density at radius 2 is 1.89 bits per heavy atom. The molecule has 0 aliphatic heterocycles. The van der Waals surface area contributed by atoms with Crippen LogP contribution in [0.2, 0.25) is 0 Å². The van der Waals surface area contributed by atoms with Gasteiger partial charge in [-0.1, -0.05) is 18.2 Å². The zero-order valence-corrected chi connectivity index (χ0v) is 12.7. The van der Waals surface area contributed by atoms with Crippen LogP contribution in [-0.2, 0) is 6.61 Å². The molecule has 0 aliphatic rings. The van der Waals surface area contributed by atoms with E-state index < -0.39 is 0 Å². The van der Waals surface area contributed by atoms with Crippen molar-refractivity contribution in [2.24, 2.45) is 5.73 Å². The van der Waals surface area contributed by atoms with E-state index in [0.717, 1.165) is 14.7 Å². The number of hydrogen-bond donors (Lipinski definition) is 1. The first kappa shape index (κ1) is 14.3. The summed E-state index contributed by atoms with van der Waals surface area (Å²) >= 11 is 2.24. The molecule has 0 bridgehead atoms. The molecule has 0 saturated carbocycles. The third-order valence-electron chi connectivity index (χ3n) is 2.79. The summed E-state index contributed by atoms with van der Waals surface area (Å²) in [7, 11) is 0. The molecule has 2 nitrogen and oxygen atoms in total. The van der Waals surface area contributed by atoms with E-state index in [1.54, 1.807) is 12.1 Å². The van der Waals surface area contributed by atoms with E-state index in [1.807, 2.05) is 31.2 Å². The molecule has 100 valence electrons. The number of halogens is 2. The van der Waals surface area contributed by atoms with Crippen LogP contribution in [-0.4, -0.2) is 0 Å². The summed E-state index contributed by atoms with van der Waals surface area (Å²) in [4.78, 5) is 0. The fourth-order valence-electron chi connectivity index (χ4n) is 1.66. The minimum absolute atomic E-state index is 0.181. The Morgan fingerprint density at radius 1 is 1.21 bits per heavy atom. The van der Waals surface area contributed by atoms with Crippen LogP contribution in [0.5, 0.6) is 5.75 Å². The van der Waals surface area contributed by atoms with Crippen LogP contribution in [0.1, 0.15) is 24.1 Å². The predicted molar refractivity (Wildman–Crippen MR) is 82.5 cm³/mol. The molecule has 0 fully saturated rings. The van der Waals surface area contributed by atoms with Crippen molar-refractivity contribution in [3.63, 3.8) is 0 Å². The molecule has 0 unspecified atom stereocenters. The summed E-state index contributed by atoms with van der Waals surface area (Å²) in [6.07, 6.45) is 0. The summed E-state index contributed by atoms with van der Waals surface area (Å²) in [5, 5.41) is 0. The highest BCUT2D eigenvalue weighted by atomic mass is 127. The summed E-state index contributed by atoms with van der Waals surface area (Å²) in [5.41, 5.74) is 7.48. The van der Waals surface area contributed by atoms with Gasteiger partial charge in [0.25, 0.3) is 0 Å². The minimum atomic E-state index is -0.375. The predicted octanol–water partition coefficient (Wildman–Crippen LogP) is 4.03. The van der Waals surface area contributed by atoms with Gasteiger partial charge in [-0.05, 0) is 64.9 Å². The molecular weight excluding hydrogens is 356 g/mol. The lowest BCUT2D eigenvalue weighted by Gasteiger charge is -2.10. The molecule has 2 aromatic carbocycles. The number of nitrogens with two attached hydrogens (primary N) is 1. The van der Waals surface area contributed by atoms with E-state index in [-0.39, 0.29) is 17.6 Å². The number of hydrogen-bond acceptors (Lipinski definition) is 2. The van der Waals surface area contributed by atoms with E-state index >= 15 is 0 Å². The van der Waals surface area contributed by atoms with Crippen molar-refractivity contribution >= 4 is 22.6 Å². The minimum Gasteiger partial charge on any atom is -0.486 e. The zero-order chi connectivity index (χ0) is 13.8. The molecule has 1 atom stereocenters. The maximum atomic E-state index is 13.8. The summed E-state index contributed by atoms with van der Waals surface area (Å²) in [6, 6.07) is 12.6. The van der Waals surface area contributed by atoms with Crippen molar-refractivity contribution in [2.75, 3.05) is 0 Å². The third-order valence-corrected chi connectivity index (χ3v) is 3.51. The number of ether oxygens (including phenoxy) is 1. The van der Waals surface area contributed by atoms with Gasteiger partial charge in [-0.15, -0.1) is 0 Å². The average Bonchev–Trinajstić information content (AvgIpc) is 2.39. The smallest absolute Gasteiger partial charge is 0.165 e. The molecule has 2 aromatic rings. The second-order valence-electron chi connectivity index (χ2n) is 4.39. The molecule has 2 rings (SSSR count). The lowest BCUT2D eigenvalue weighted by molar-refractivity contribution is 0.290. The molecule has 0 amide bonds. The Hall–Kier alpha value is -1.14. The molecule has 0 aromatic heterocycles. The topological polar surface area (TPSA) is 35.2 Å². The first-order valence-electron chi connectivity index (χ1n) is 5.98. The van der Waals surface area contributed by atoms with Crippen molar-refractivity contribution in [1.29, 1.82) is 0 Å². The Bertz CT molecular complexity index is 555. The third kappa shape index (κ3) is 3.91. The standard InChI is InChI=1S/C15H15FINO/c1-10(18)12-4-7-15(14(16)8-12)19-9-11-2-5-13(17)6-3-11/h2-8,10H,9,18H2,1H3/t10-/m1/s1. The van der Waals surface area contributed by atoms with E-state index in [9.17, 15) is 4.39 Å². The van der Waals surface area contributed by atoms with Crippen LogP contribution in [0.25, 0.3) is 0 Å². The van der Waals surface area contributed by atoms with Crippen molar-refractivity contribution in [2.45, 2.75) is 19.6 Å². The highest BCUT2D eigenvalue weighted by Gasteiger charge is 2.07. The molecule has 19 heavy (non-hydrogen) atoms. The molecule has 0 spiro atoms. The Labute approximate surface area is 125 Å². The zero-order valence-electron chi connectivity index (χ0n) is 10.6. The average molecular weight is 371 g/mol. The molecule has 4 heteroatoms. The largest absolute Gasteiger partial charge is 0.486 e. The summed E-state index contributed by atoms with van der Waals surface area (Å²) < 4.78 is 20.4. The SMILES string of the molecule is C[C@@H](N)c1ccc(OCc2ccc(I)cc2)c(F)c1. The monoisotopic (exact) mass is 371 g/mol. The van der Waals surface area contributed by atoms with Gasteiger partial charge in [0.05, 0.1) is 0 Å². The van der Waals surface area contributed by atoms with Crippen LogP contribution < -0.4 is 10.5 Å². The van der Waals surface area contributed by atoms with Crippen LogP contribution in [0.3, 0.4) is 0 Å². The highest BCUT2D eigenvalue weighted by molar-refractivity contribution is 14.1. The van der Waals surface area contributed by atoms with Gasteiger partial charge in [-0.3, -0.25) is 0 Å². The van der Waals surface area contributed by atoms with Gasteiger partial charge in [0.1, 0.15) is 6.61 Å². The Kier molecular flexibility index (Phi) is 4.76. The lowest BCUT2D eigenvalue weighted by atomic mass is 10.1. The van der Waals surface area contributed by atoms with Gasteiger partial charge < -0.3 is 10.5 Å². The fourth-order valence-corrected chi connectivity index (χ4v) is 2.02. The van der Waals surface area contributed by atoms with E-state index in [0.29, 0.717) is 6.61 Å². The molecule has 0 saturated heterocycles. The van der Waals surface area contributed by atoms with Crippen molar-refractivity contribution < 1.29 is 9.13 Å². The van der Waals surface area contributed by atoms with E-state index in [1.165, 1.54) is 6.07 Å². The van der Waals surface area contributed by atoms with Crippen molar-refractivity contribution in [3.8, 4) is 5.75 Å². The normalized spacial score (nSPS) is 12.2. The van der Waals surface area contributed by atoms with E-state index in [2.05, 4.69) is 22.6 Å². The lowest BCUT2D eigenvalue weighted by Crippen LogP contribution is -2.06. The van der Waals surface area contributed by atoms with Crippen molar-refractivity contribution in [3.05, 3.63) is 63.0 Å². The van der Waals surface area contributed by atoms with Crippen molar-refractivity contribution in [1.82, 2.24) is 0 Å². The fraction of sp³-hybridized carbons (Fsp3) is 0.200. The highest BCUT2D eigenvalue weighted by Crippen LogP contribution is 2.22. The Balaban J connectivity index is 2.05. The molecule has 0 heterocycles. The second kappa shape index (κ2) is 6.34. The van der Waals surface area contributed by atoms with Crippen LogP contribution in [0.15, 0.2) is 42.5 Å². The van der Waals surface area contributed by atoms with Gasteiger partial charge in [0.2, 0.25) is 0 Å². The van der Waals surface area contributed by atoms with Crippen LogP contribution in [0.4, 0.5) is 4.39 Å². The number of benzene rings is 2. The molecular formula is C15H15FINO. The summed E-state index contributed by atoms with van der Waals surface area (Å²) in [5.74, 6) is -0.122. The second-order valence-corrected chi connectivity index (χ2v) is 5.64. The maximum Gasteiger partial charge on any atom is 0.165 e. The van der Waals surface area contributed by atoms with E-state index in [4.69, 9.17) is 10.5 Å². The summed E-state index contributed by atoms with van der Waals surface area (Å²) in [6.45, 7) is 2.17. The maximum absolute atomic E-state index is 13.8. The van der Waals surface area contributed by atoms with Gasteiger partial charge in [-0.25, -0.2) is 4.39 Å². The van der Waals surface area contributed by atoms with Gasteiger partial charge >= 0.3 is 0 Å². The van der Waals surface area contributed by atoms with Crippen LogP contribution >= 0.6 is 22.6 Å². The van der Waals surface area contributed by atoms with Crippen LogP contribution in [0, 0.1) is 9.39 Å². The quantitative estimate of drug-likeness (QED) is 0.824. The van der Waals surface area contributed by atoms with Gasteiger partial charge in [0, 0.05) is 9.61 Å². The van der Waals surface area contributed by atoms with Gasteiger partial charge in [-0.2, -0.15) is 0 Å². The number of rotatable bonds is 4. The first-order valence-corrected chi connectivity index (χ1v) is 7.06.